The Morgan fingerprint density at radius 1 is 1.14 bits per heavy atom. The van der Waals surface area contributed by atoms with E-state index in [4.69, 9.17) is 9.47 Å². The van der Waals surface area contributed by atoms with Gasteiger partial charge in [0, 0.05) is 31.1 Å². The maximum Gasteiger partial charge on any atom is 0.428 e. The van der Waals surface area contributed by atoms with Crippen molar-refractivity contribution in [2.45, 2.75) is 44.1 Å². The predicted molar refractivity (Wildman–Crippen MR) is 92.7 cm³/mol. The lowest BCUT2D eigenvalue weighted by Crippen LogP contribution is -2.55. The molecule has 3 aromatic rings. The molecule has 10 heteroatoms. The van der Waals surface area contributed by atoms with E-state index in [0.717, 1.165) is 0 Å². The van der Waals surface area contributed by atoms with Gasteiger partial charge in [0.25, 0.3) is 0 Å². The van der Waals surface area contributed by atoms with Gasteiger partial charge in [-0.2, -0.15) is 13.2 Å². The number of hydrogen-bond donors (Lipinski definition) is 0. The summed E-state index contributed by atoms with van der Waals surface area (Å²) in [6.45, 7) is 1.85. The zero-order chi connectivity index (χ0) is 19.9. The van der Waals surface area contributed by atoms with Gasteiger partial charge in [-0.1, -0.05) is 0 Å². The van der Waals surface area contributed by atoms with E-state index in [1.54, 1.807) is 30.0 Å². The van der Waals surface area contributed by atoms with Crippen LogP contribution in [0.1, 0.15) is 38.1 Å². The molecule has 0 aliphatic heterocycles. The number of fused-ring (bicyclic) bond motifs is 1. The van der Waals surface area contributed by atoms with Crippen molar-refractivity contribution in [3.05, 3.63) is 36.5 Å². The van der Waals surface area contributed by atoms with Gasteiger partial charge in [0.15, 0.2) is 11.5 Å². The fourth-order valence-corrected chi connectivity index (χ4v) is 3.08. The van der Waals surface area contributed by atoms with Crippen LogP contribution in [-0.4, -0.2) is 43.5 Å². The second-order valence-corrected chi connectivity index (χ2v) is 6.77. The Morgan fingerprint density at radius 3 is 2.50 bits per heavy atom. The molecule has 0 amide bonds. The second kappa shape index (κ2) is 6.69. The molecule has 28 heavy (non-hydrogen) atoms. The van der Waals surface area contributed by atoms with Crippen molar-refractivity contribution >= 4 is 5.65 Å². The van der Waals surface area contributed by atoms with Crippen molar-refractivity contribution in [3.8, 4) is 17.1 Å². The number of hydrogen-bond acceptors (Lipinski definition) is 6. The number of aromatic nitrogens is 5. The van der Waals surface area contributed by atoms with E-state index in [1.807, 2.05) is 6.92 Å². The van der Waals surface area contributed by atoms with Crippen LogP contribution in [-0.2, 0) is 4.74 Å². The summed E-state index contributed by atoms with van der Waals surface area (Å²) in [5, 5.41) is 8.14. The molecule has 0 bridgehead atoms. The summed E-state index contributed by atoms with van der Waals surface area (Å²) < 4.78 is 52.0. The Bertz CT molecular complexity index is 983. The van der Waals surface area contributed by atoms with Crippen LogP contribution in [0.3, 0.4) is 0 Å². The Hall–Kier alpha value is -2.75. The molecule has 1 saturated carbocycles. The molecule has 0 aromatic carbocycles. The largest absolute Gasteiger partial charge is 0.461 e. The minimum absolute atomic E-state index is 0.0494. The van der Waals surface area contributed by atoms with Gasteiger partial charge in [0.2, 0.25) is 11.5 Å². The van der Waals surface area contributed by atoms with Crippen LogP contribution >= 0.6 is 0 Å². The third kappa shape index (κ3) is 3.07. The van der Waals surface area contributed by atoms with Crippen molar-refractivity contribution in [2.75, 3.05) is 7.11 Å². The van der Waals surface area contributed by atoms with Crippen LogP contribution in [0.2, 0.25) is 0 Å². The van der Waals surface area contributed by atoms with Crippen LogP contribution in [0.5, 0.6) is 5.88 Å². The lowest BCUT2D eigenvalue weighted by atomic mass is 9.79. The van der Waals surface area contributed by atoms with E-state index in [-0.39, 0.29) is 24.8 Å². The predicted octanol–water partition coefficient (Wildman–Crippen LogP) is 3.76. The van der Waals surface area contributed by atoms with Crippen LogP contribution in [0.25, 0.3) is 16.9 Å². The second-order valence-electron chi connectivity index (χ2n) is 6.77. The van der Waals surface area contributed by atoms with Crippen LogP contribution in [0.15, 0.2) is 30.7 Å². The summed E-state index contributed by atoms with van der Waals surface area (Å²) in [6.07, 6.45) is 0.449. The molecule has 7 nitrogen and oxygen atoms in total. The smallest absolute Gasteiger partial charge is 0.428 e. The quantitative estimate of drug-likeness (QED) is 0.657. The zero-order valence-corrected chi connectivity index (χ0v) is 15.3. The summed E-state index contributed by atoms with van der Waals surface area (Å²) in [4.78, 5) is 8.37. The number of alkyl halides is 3. The summed E-state index contributed by atoms with van der Waals surface area (Å²) >= 11 is 0. The summed E-state index contributed by atoms with van der Waals surface area (Å²) in [7, 11) is 1.58. The molecule has 0 unspecified atom stereocenters. The van der Waals surface area contributed by atoms with Gasteiger partial charge in [-0.05, 0) is 32.3 Å². The van der Waals surface area contributed by atoms with Crippen molar-refractivity contribution in [1.82, 2.24) is 24.6 Å². The highest BCUT2D eigenvalue weighted by molar-refractivity contribution is 5.59. The van der Waals surface area contributed by atoms with Gasteiger partial charge in [-0.25, -0.2) is 4.98 Å². The average Bonchev–Trinajstić information content (AvgIpc) is 3.06. The van der Waals surface area contributed by atoms with E-state index in [2.05, 4.69) is 20.2 Å². The van der Waals surface area contributed by atoms with Crippen molar-refractivity contribution in [2.24, 2.45) is 0 Å². The molecule has 0 N–H and O–H groups in total. The first kappa shape index (κ1) is 18.6. The number of ether oxygens (including phenoxy) is 2. The molecule has 1 aliphatic carbocycles. The highest BCUT2D eigenvalue weighted by Crippen LogP contribution is 2.48. The number of pyridine rings is 1. The normalized spacial score (nSPS) is 17.3. The first-order valence-corrected chi connectivity index (χ1v) is 8.79. The molecule has 4 rings (SSSR count). The van der Waals surface area contributed by atoms with Crippen LogP contribution in [0, 0.1) is 0 Å². The lowest BCUT2D eigenvalue weighted by Gasteiger charge is -2.42. The fraction of sp³-hybridized carbons (Fsp3) is 0.444. The first-order valence-electron chi connectivity index (χ1n) is 8.79. The monoisotopic (exact) mass is 393 g/mol. The molecule has 3 aromatic heterocycles. The molecule has 0 spiro atoms. The zero-order valence-electron chi connectivity index (χ0n) is 15.3. The Morgan fingerprint density at radius 2 is 1.93 bits per heavy atom. The highest BCUT2D eigenvalue weighted by Gasteiger charge is 2.61. The Balaban J connectivity index is 1.60. The summed E-state index contributed by atoms with van der Waals surface area (Å²) in [6, 6.07) is 3.06. The van der Waals surface area contributed by atoms with E-state index < -0.39 is 11.8 Å². The summed E-state index contributed by atoms with van der Waals surface area (Å²) in [5.41, 5.74) is -0.349. The van der Waals surface area contributed by atoms with E-state index in [1.165, 1.54) is 12.3 Å². The number of nitrogens with zero attached hydrogens (tertiary/aromatic N) is 5. The fourth-order valence-electron chi connectivity index (χ4n) is 3.08. The van der Waals surface area contributed by atoms with Gasteiger partial charge in [-0.15, -0.1) is 10.2 Å². The van der Waals surface area contributed by atoms with Crippen molar-refractivity contribution in [3.63, 3.8) is 0 Å². The van der Waals surface area contributed by atoms with Crippen LogP contribution in [0.4, 0.5) is 13.2 Å². The van der Waals surface area contributed by atoms with Gasteiger partial charge < -0.3 is 9.47 Å². The minimum atomic E-state index is -4.42. The molecule has 0 radical (unpaired) electrons. The molecule has 1 atom stereocenters. The summed E-state index contributed by atoms with van der Waals surface area (Å²) in [5.74, 6) is 0.561. The molecule has 0 saturated heterocycles. The third-order valence-electron chi connectivity index (χ3n) is 5.05. The molecule has 1 fully saturated rings. The molecule has 3 heterocycles. The lowest BCUT2D eigenvalue weighted by molar-refractivity contribution is -0.275. The molecule has 148 valence electrons. The molecule has 1 aliphatic rings. The van der Waals surface area contributed by atoms with Gasteiger partial charge >= 0.3 is 6.18 Å². The van der Waals surface area contributed by atoms with Gasteiger partial charge in [-0.3, -0.25) is 9.38 Å². The molecular weight excluding hydrogens is 375 g/mol. The third-order valence-corrected chi connectivity index (χ3v) is 5.05. The van der Waals surface area contributed by atoms with Crippen molar-refractivity contribution in [1.29, 1.82) is 0 Å². The standard InChI is InChI=1S/C18H18F3N5O2/c1-11(27-2)16-25-24-14-9-22-13(10-26(14)16)12-4-5-15(23-8-12)28-17(6-3-7-17)18(19,20)21/h4-5,8-11H,3,6-7H2,1-2H3/t11-/m1/s1. The Kier molecular flexibility index (Phi) is 4.45. The SMILES string of the molecule is CO[C@H](C)c1nnc2cnc(-c3ccc(OC4(C(F)(F)F)CCC4)nc3)cn12. The maximum atomic E-state index is 13.2. The average molecular weight is 393 g/mol. The minimum Gasteiger partial charge on any atom is -0.461 e. The van der Waals surface area contributed by atoms with Gasteiger partial charge in [0.1, 0.15) is 6.10 Å². The van der Waals surface area contributed by atoms with E-state index in [9.17, 15) is 13.2 Å². The number of methoxy groups -OCH3 is 1. The topological polar surface area (TPSA) is 74.4 Å². The van der Waals surface area contributed by atoms with Crippen LogP contribution < -0.4 is 4.74 Å². The van der Waals surface area contributed by atoms with E-state index in [0.29, 0.717) is 29.1 Å². The maximum absolute atomic E-state index is 13.2. The van der Waals surface area contributed by atoms with Gasteiger partial charge in [0.05, 0.1) is 11.9 Å². The number of rotatable bonds is 5. The van der Waals surface area contributed by atoms with Crippen molar-refractivity contribution < 1.29 is 22.6 Å². The van der Waals surface area contributed by atoms with E-state index >= 15 is 0 Å². The molecular formula is C18H18F3N5O2. The Labute approximate surface area is 158 Å². The first-order chi connectivity index (χ1) is 13.3. The number of halogens is 3. The highest BCUT2D eigenvalue weighted by atomic mass is 19.4.